The quantitative estimate of drug-likeness (QED) is 0.787. The number of aromatic nitrogens is 3. The van der Waals surface area contributed by atoms with Gasteiger partial charge in [0.05, 0.1) is 17.3 Å². The van der Waals surface area contributed by atoms with Crippen molar-refractivity contribution in [2.45, 2.75) is 26.7 Å². The second-order valence-electron chi connectivity index (χ2n) is 6.17. The summed E-state index contributed by atoms with van der Waals surface area (Å²) in [6.45, 7) is 5.60. The van der Waals surface area contributed by atoms with Gasteiger partial charge in [-0.3, -0.25) is 9.48 Å². The van der Waals surface area contributed by atoms with E-state index in [0.717, 1.165) is 22.6 Å². The Bertz CT molecular complexity index is 912. The number of aryl methyl sites for hydroxylation is 2. The van der Waals surface area contributed by atoms with Gasteiger partial charge in [-0.2, -0.15) is 5.10 Å². The molecule has 5 nitrogen and oxygen atoms in total. The summed E-state index contributed by atoms with van der Waals surface area (Å²) < 4.78 is 17.8. The average molecular weight is 340 g/mol. The number of amides is 1. The SMILES string of the molecule is Cc1nn(C)c(C)c1C(C)C(=O)Nc1cc(-n2cccc2)ccc1F. The van der Waals surface area contributed by atoms with Crippen LogP contribution in [-0.2, 0) is 11.8 Å². The maximum atomic E-state index is 14.2. The molecule has 1 amide bonds. The van der Waals surface area contributed by atoms with Crippen molar-refractivity contribution in [2.75, 3.05) is 5.32 Å². The van der Waals surface area contributed by atoms with Crippen LogP contribution in [0.25, 0.3) is 5.69 Å². The minimum atomic E-state index is -0.462. The van der Waals surface area contributed by atoms with E-state index >= 15 is 0 Å². The molecule has 0 fully saturated rings. The highest BCUT2D eigenvalue weighted by Gasteiger charge is 2.23. The third-order valence-electron chi connectivity index (χ3n) is 4.50. The van der Waals surface area contributed by atoms with Crippen LogP contribution in [0, 0.1) is 19.7 Å². The van der Waals surface area contributed by atoms with Gasteiger partial charge in [-0.1, -0.05) is 0 Å². The molecule has 3 rings (SSSR count). The van der Waals surface area contributed by atoms with Crippen LogP contribution in [0.3, 0.4) is 0 Å². The topological polar surface area (TPSA) is 51.9 Å². The molecule has 130 valence electrons. The third-order valence-corrected chi connectivity index (χ3v) is 4.50. The van der Waals surface area contributed by atoms with E-state index < -0.39 is 11.7 Å². The molecule has 0 saturated carbocycles. The summed E-state index contributed by atoms with van der Waals surface area (Å²) in [5.41, 5.74) is 3.57. The molecule has 0 aliphatic rings. The molecule has 0 radical (unpaired) electrons. The summed E-state index contributed by atoms with van der Waals surface area (Å²) in [4.78, 5) is 12.7. The number of halogens is 1. The zero-order chi connectivity index (χ0) is 18.1. The molecule has 25 heavy (non-hydrogen) atoms. The van der Waals surface area contributed by atoms with E-state index in [4.69, 9.17) is 0 Å². The Balaban J connectivity index is 1.86. The second-order valence-corrected chi connectivity index (χ2v) is 6.17. The van der Waals surface area contributed by atoms with Crippen molar-refractivity contribution in [3.63, 3.8) is 0 Å². The Labute approximate surface area is 146 Å². The van der Waals surface area contributed by atoms with Crippen LogP contribution >= 0.6 is 0 Å². The lowest BCUT2D eigenvalue weighted by atomic mass is 9.98. The van der Waals surface area contributed by atoms with E-state index in [0.29, 0.717) is 0 Å². The minimum Gasteiger partial charge on any atom is -0.324 e. The Morgan fingerprint density at radius 3 is 2.52 bits per heavy atom. The predicted octanol–water partition coefficient (Wildman–Crippen LogP) is 3.71. The van der Waals surface area contributed by atoms with Crippen LogP contribution in [0.2, 0.25) is 0 Å². The zero-order valence-electron chi connectivity index (χ0n) is 14.7. The molecule has 3 aromatic rings. The van der Waals surface area contributed by atoms with Crippen molar-refractivity contribution >= 4 is 11.6 Å². The van der Waals surface area contributed by atoms with Gasteiger partial charge in [-0.25, -0.2) is 4.39 Å². The smallest absolute Gasteiger partial charge is 0.231 e. The summed E-state index contributed by atoms with van der Waals surface area (Å²) in [5, 5.41) is 7.06. The minimum absolute atomic E-state index is 0.169. The highest BCUT2D eigenvalue weighted by molar-refractivity contribution is 5.96. The van der Waals surface area contributed by atoms with Crippen LogP contribution in [0.4, 0.5) is 10.1 Å². The normalized spacial score (nSPS) is 12.2. The number of anilines is 1. The lowest BCUT2D eigenvalue weighted by molar-refractivity contribution is -0.117. The Morgan fingerprint density at radius 1 is 1.24 bits per heavy atom. The molecule has 0 aliphatic heterocycles. The van der Waals surface area contributed by atoms with E-state index in [1.807, 2.05) is 50.0 Å². The maximum absolute atomic E-state index is 14.2. The van der Waals surface area contributed by atoms with Crippen LogP contribution < -0.4 is 5.32 Å². The van der Waals surface area contributed by atoms with Crippen molar-refractivity contribution in [1.29, 1.82) is 0 Å². The molecule has 0 bridgehead atoms. The van der Waals surface area contributed by atoms with Crippen LogP contribution in [0.15, 0.2) is 42.7 Å². The largest absolute Gasteiger partial charge is 0.324 e. The molecule has 6 heteroatoms. The van der Waals surface area contributed by atoms with Crippen molar-refractivity contribution in [1.82, 2.24) is 14.3 Å². The fourth-order valence-electron chi connectivity index (χ4n) is 3.07. The summed E-state index contributed by atoms with van der Waals surface area (Å²) >= 11 is 0. The molecule has 1 aromatic carbocycles. The second kappa shape index (κ2) is 6.55. The number of rotatable bonds is 4. The van der Waals surface area contributed by atoms with Gasteiger partial charge in [0, 0.05) is 36.4 Å². The van der Waals surface area contributed by atoms with E-state index in [2.05, 4.69) is 10.4 Å². The summed E-state index contributed by atoms with van der Waals surface area (Å²) in [6, 6.07) is 8.43. The van der Waals surface area contributed by atoms with Crippen molar-refractivity contribution in [3.05, 3.63) is 65.5 Å². The van der Waals surface area contributed by atoms with Gasteiger partial charge < -0.3 is 9.88 Å². The molecule has 2 heterocycles. The summed E-state index contributed by atoms with van der Waals surface area (Å²) in [6.07, 6.45) is 3.73. The first-order valence-electron chi connectivity index (χ1n) is 8.12. The van der Waals surface area contributed by atoms with Crippen molar-refractivity contribution in [3.8, 4) is 5.69 Å². The first-order valence-corrected chi connectivity index (χ1v) is 8.12. The number of nitrogens with zero attached hydrogens (tertiary/aromatic N) is 3. The average Bonchev–Trinajstić information content (AvgIpc) is 3.18. The summed E-state index contributed by atoms with van der Waals surface area (Å²) in [7, 11) is 1.84. The molecule has 0 spiro atoms. The fraction of sp³-hybridized carbons (Fsp3) is 0.263. The maximum Gasteiger partial charge on any atom is 0.231 e. The number of nitrogens with one attached hydrogen (secondary N) is 1. The van der Waals surface area contributed by atoms with Gasteiger partial charge in [0.25, 0.3) is 0 Å². The number of carbonyl (C=O) groups excluding carboxylic acids is 1. The Morgan fingerprint density at radius 2 is 1.92 bits per heavy atom. The third kappa shape index (κ3) is 3.20. The number of hydrogen-bond acceptors (Lipinski definition) is 2. The fourth-order valence-corrected chi connectivity index (χ4v) is 3.07. The van der Waals surface area contributed by atoms with Crippen LogP contribution in [0.5, 0.6) is 0 Å². The van der Waals surface area contributed by atoms with Gasteiger partial charge in [0.2, 0.25) is 5.91 Å². The molecule has 2 aromatic heterocycles. The van der Waals surface area contributed by atoms with Gasteiger partial charge in [-0.05, 0) is 51.1 Å². The van der Waals surface area contributed by atoms with Gasteiger partial charge in [-0.15, -0.1) is 0 Å². The van der Waals surface area contributed by atoms with E-state index in [9.17, 15) is 9.18 Å². The molecule has 1 atom stereocenters. The van der Waals surface area contributed by atoms with Gasteiger partial charge in [0.15, 0.2) is 0 Å². The first kappa shape index (κ1) is 17.0. The van der Waals surface area contributed by atoms with Gasteiger partial charge in [0.1, 0.15) is 5.82 Å². The van der Waals surface area contributed by atoms with E-state index in [-0.39, 0.29) is 11.6 Å². The van der Waals surface area contributed by atoms with Crippen LogP contribution in [0.1, 0.15) is 29.8 Å². The predicted molar refractivity (Wildman–Crippen MR) is 95.5 cm³/mol. The van der Waals surface area contributed by atoms with E-state index in [1.54, 1.807) is 23.7 Å². The van der Waals surface area contributed by atoms with Crippen molar-refractivity contribution in [2.24, 2.45) is 7.05 Å². The first-order chi connectivity index (χ1) is 11.9. The lowest BCUT2D eigenvalue weighted by Gasteiger charge is -2.14. The molecule has 1 unspecified atom stereocenters. The highest BCUT2D eigenvalue weighted by atomic mass is 19.1. The van der Waals surface area contributed by atoms with Crippen LogP contribution in [-0.4, -0.2) is 20.3 Å². The lowest BCUT2D eigenvalue weighted by Crippen LogP contribution is -2.20. The number of carbonyl (C=O) groups is 1. The number of benzene rings is 1. The monoisotopic (exact) mass is 340 g/mol. The van der Waals surface area contributed by atoms with Gasteiger partial charge >= 0.3 is 0 Å². The van der Waals surface area contributed by atoms with Crippen molar-refractivity contribution < 1.29 is 9.18 Å². The number of hydrogen-bond donors (Lipinski definition) is 1. The molecular formula is C19H21FN4O. The standard InChI is InChI=1S/C19H21FN4O/c1-12(18-13(2)22-23(4)14(18)3)19(25)21-17-11-15(7-8-16(17)20)24-9-5-6-10-24/h5-12H,1-4H3,(H,21,25). The molecular weight excluding hydrogens is 319 g/mol. The molecule has 0 saturated heterocycles. The Hall–Kier alpha value is -2.89. The zero-order valence-corrected chi connectivity index (χ0v) is 14.7. The molecule has 0 aliphatic carbocycles. The van der Waals surface area contributed by atoms with E-state index in [1.165, 1.54) is 6.07 Å². The summed E-state index contributed by atoms with van der Waals surface area (Å²) in [5.74, 6) is -1.15. The Kier molecular flexibility index (Phi) is 4.44. The highest BCUT2D eigenvalue weighted by Crippen LogP contribution is 2.26. The molecule has 1 N–H and O–H groups in total.